The van der Waals surface area contributed by atoms with Crippen molar-refractivity contribution in [2.24, 2.45) is 5.73 Å². The van der Waals surface area contributed by atoms with Crippen molar-refractivity contribution in [3.05, 3.63) is 12.7 Å². The number of rotatable bonds is 8. The molecule has 0 saturated heterocycles. The number of hydrogen-bond donors (Lipinski definition) is 2. The Hall–Kier alpha value is -0.340. The van der Waals surface area contributed by atoms with Crippen molar-refractivity contribution in [1.29, 1.82) is 0 Å². The molecule has 72 valence electrons. The molecule has 3 N–H and O–H groups in total. The minimum Gasteiger partial charge on any atom is -0.379 e. The predicted octanol–water partition coefficient (Wildman–Crippen LogP) is 2.18. The molecule has 0 aromatic heterocycles. The number of nitrogens with two attached hydrogens (primary N) is 1. The zero-order valence-electron chi connectivity index (χ0n) is 7.84. The molecule has 1 atom stereocenters. The Balaban J connectivity index is 2.86. The SMILES string of the molecule is C=CCCCCCCCC(N)O. The third kappa shape index (κ3) is 9.66. The van der Waals surface area contributed by atoms with Gasteiger partial charge in [-0.15, -0.1) is 6.58 Å². The predicted molar refractivity (Wildman–Crippen MR) is 52.7 cm³/mol. The number of hydrogen-bond acceptors (Lipinski definition) is 2. The lowest BCUT2D eigenvalue weighted by molar-refractivity contribution is 0.168. The molecule has 0 amide bonds. The van der Waals surface area contributed by atoms with E-state index in [1.54, 1.807) is 0 Å². The zero-order valence-corrected chi connectivity index (χ0v) is 7.84. The highest BCUT2D eigenvalue weighted by Crippen LogP contribution is 2.07. The van der Waals surface area contributed by atoms with Gasteiger partial charge in [0.2, 0.25) is 0 Å². The summed E-state index contributed by atoms with van der Waals surface area (Å²) < 4.78 is 0. The summed E-state index contributed by atoms with van der Waals surface area (Å²) in [6, 6.07) is 0. The van der Waals surface area contributed by atoms with Crippen molar-refractivity contribution in [3.8, 4) is 0 Å². The Bertz CT molecular complexity index is 102. The summed E-state index contributed by atoms with van der Waals surface area (Å²) in [5.41, 5.74) is 5.20. The molecule has 0 aliphatic heterocycles. The maximum atomic E-state index is 8.76. The Morgan fingerprint density at radius 1 is 1.17 bits per heavy atom. The van der Waals surface area contributed by atoms with Gasteiger partial charge in [0.25, 0.3) is 0 Å². The molecule has 0 rings (SSSR count). The lowest BCUT2D eigenvalue weighted by Gasteiger charge is -2.03. The molecule has 0 aliphatic rings. The van der Waals surface area contributed by atoms with Gasteiger partial charge in [-0.2, -0.15) is 0 Å². The van der Waals surface area contributed by atoms with E-state index in [1.165, 1.54) is 25.7 Å². The molecular formula is C10H21NO. The summed E-state index contributed by atoms with van der Waals surface area (Å²) in [4.78, 5) is 0. The fourth-order valence-electron chi connectivity index (χ4n) is 1.17. The summed E-state index contributed by atoms with van der Waals surface area (Å²) in [6.45, 7) is 3.67. The largest absolute Gasteiger partial charge is 0.379 e. The first-order chi connectivity index (χ1) is 5.77. The number of aliphatic hydroxyl groups excluding tert-OH is 1. The van der Waals surface area contributed by atoms with Crippen LogP contribution >= 0.6 is 0 Å². The summed E-state index contributed by atoms with van der Waals surface area (Å²) in [6.07, 6.45) is 9.21. The van der Waals surface area contributed by atoms with Crippen LogP contribution in [0.2, 0.25) is 0 Å². The highest BCUT2D eigenvalue weighted by atomic mass is 16.3. The molecule has 0 aromatic carbocycles. The van der Waals surface area contributed by atoms with Gasteiger partial charge in [-0.05, 0) is 25.7 Å². The van der Waals surface area contributed by atoms with Crippen LogP contribution in [0.4, 0.5) is 0 Å². The van der Waals surface area contributed by atoms with Gasteiger partial charge in [-0.1, -0.05) is 25.3 Å². The molecule has 0 radical (unpaired) electrons. The average molecular weight is 171 g/mol. The lowest BCUT2D eigenvalue weighted by atomic mass is 10.1. The Kier molecular flexibility index (Phi) is 8.51. The minimum absolute atomic E-state index is 0.613. The smallest absolute Gasteiger partial charge is 0.102 e. The molecule has 12 heavy (non-hydrogen) atoms. The van der Waals surface area contributed by atoms with Crippen LogP contribution in [0, 0.1) is 0 Å². The highest BCUT2D eigenvalue weighted by Gasteiger charge is 1.94. The molecule has 2 nitrogen and oxygen atoms in total. The van der Waals surface area contributed by atoms with Gasteiger partial charge in [-0.3, -0.25) is 0 Å². The topological polar surface area (TPSA) is 46.2 Å². The molecule has 0 fully saturated rings. The molecule has 0 aromatic rings. The Morgan fingerprint density at radius 2 is 1.75 bits per heavy atom. The van der Waals surface area contributed by atoms with Crippen molar-refractivity contribution < 1.29 is 5.11 Å². The third-order valence-electron chi connectivity index (χ3n) is 1.91. The standard InChI is InChI=1S/C10H21NO/c1-2-3-4-5-6-7-8-9-10(11)12/h2,10,12H,1,3-9,11H2. The normalized spacial score (nSPS) is 12.8. The Morgan fingerprint density at radius 3 is 2.33 bits per heavy atom. The maximum Gasteiger partial charge on any atom is 0.102 e. The van der Waals surface area contributed by atoms with E-state index in [2.05, 4.69) is 6.58 Å². The molecule has 1 unspecified atom stereocenters. The minimum atomic E-state index is -0.613. The van der Waals surface area contributed by atoms with E-state index in [1.807, 2.05) is 6.08 Å². The molecular weight excluding hydrogens is 150 g/mol. The summed E-state index contributed by atoms with van der Waals surface area (Å²) in [5.74, 6) is 0. The van der Waals surface area contributed by atoms with Gasteiger partial charge in [-0.25, -0.2) is 0 Å². The number of aliphatic hydroxyl groups is 1. The molecule has 0 heterocycles. The van der Waals surface area contributed by atoms with Gasteiger partial charge in [0.05, 0.1) is 0 Å². The molecule has 0 saturated carbocycles. The molecule has 2 heteroatoms. The van der Waals surface area contributed by atoms with Crippen LogP contribution in [0.3, 0.4) is 0 Å². The zero-order chi connectivity index (χ0) is 9.23. The molecule has 0 aliphatic carbocycles. The van der Waals surface area contributed by atoms with Crippen LogP contribution in [0.25, 0.3) is 0 Å². The van der Waals surface area contributed by atoms with Gasteiger partial charge in [0.1, 0.15) is 6.23 Å². The molecule has 0 spiro atoms. The van der Waals surface area contributed by atoms with Crippen molar-refractivity contribution in [2.45, 2.75) is 51.2 Å². The first kappa shape index (κ1) is 11.7. The van der Waals surface area contributed by atoms with E-state index < -0.39 is 6.23 Å². The number of allylic oxidation sites excluding steroid dienone is 1. The van der Waals surface area contributed by atoms with E-state index >= 15 is 0 Å². The van der Waals surface area contributed by atoms with Crippen LogP contribution in [0.5, 0.6) is 0 Å². The quantitative estimate of drug-likeness (QED) is 0.334. The van der Waals surface area contributed by atoms with Crippen molar-refractivity contribution >= 4 is 0 Å². The maximum absolute atomic E-state index is 8.76. The molecule has 0 bridgehead atoms. The first-order valence-corrected chi connectivity index (χ1v) is 4.82. The average Bonchev–Trinajstić information content (AvgIpc) is 2.02. The van der Waals surface area contributed by atoms with Crippen LogP contribution < -0.4 is 5.73 Å². The van der Waals surface area contributed by atoms with Crippen LogP contribution in [0.15, 0.2) is 12.7 Å². The van der Waals surface area contributed by atoms with Gasteiger partial charge >= 0.3 is 0 Å². The van der Waals surface area contributed by atoms with E-state index in [9.17, 15) is 0 Å². The summed E-state index contributed by atoms with van der Waals surface area (Å²) in [5, 5.41) is 8.76. The number of unbranched alkanes of at least 4 members (excludes halogenated alkanes) is 5. The Labute approximate surface area is 75.5 Å². The van der Waals surface area contributed by atoms with Crippen molar-refractivity contribution in [1.82, 2.24) is 0 Å². The van der Waals surface area contributed by atoms with Crippen molar-refractivity contribution in [2.75, 3.05) is 0 Å². The highest BCUT2D eigenvalue weighted by molar-refractivity contribution is 4.65. The van der Waals surface area contributed by atoms with Gasteiger partial charge < -0.3 is 10.8 Å². The summed E-state index contributed by atoms with van der Waals surface area (Å²) >= 11 is 0. The van der Waals surface area contributed by atoms with E-state index in [0.717, 1.165) is 19.3 Å². The van der Waals surface area contributed by atoms with Crippen molar-refractivity contribution in [3.63, 3.8) is 0 Å². The van der Waals surface area contributed by atoms with E-state index in [-0.39, 0.29) is 0 Å². The third-order valence-corrected chi connectivity index (χ3v) is 1.91. The second-order valence-electron chi connectivity index (χ2n) is 3.20. The van der Waals surface area contributed by atoms with E-state index in [0.29, 0.717) is 0 Å². The van der Waals surface area contributed by atoms with E-state index in [4.69, 9.17) is 10.8 Å². The summed E-state index contributed by atoms with van der Waals surface area (Å²) in [7, 11) is 0. The van der Waals surface area contributed by atoms with Gasteiger partial charge in [0, 0.05) is 0 Å². The monoisotopic (exact) mass is 171 g/mol. The lowest BCUT2D eigenvalue weighted by Crippen LogP contribution is -2.17. The van der Waals surface area contributed by atoms with Crippen LogP contribution in [-0.4, -0.2) is 11.3 Å². The second kappa shape index (κ2) is 8.75. The first-order valence-electron chi connectivity index (χ1n) is 4.82. The second-order valence-corrected chi connectivity index (χ2v) is 3.20. The fourth-order valence-corrected chi connectivity index (χ4v) is 1.17. The van der Waals surface area contributed by atoms with Gasteiger partial charge in [0.15, 0.2) is 0 Å². The fraction of sp³-hybridized carbons (Fsp3) is 0.800. The van der Waals surface area contributed by atoms with Crippen LogP contribution in [0.1, 0.15) is 44.9 Å². The van der Waals surface area contributed by atoms with Crippen LogP contribution in [-0.2, 0) is 0 Å².